The number of nitroso groups, excluding NO2 is 1. The first-order valence-electron chi connectivity index (χ1n) is 6.84. The fourth-order valence-electron chi connectivity index (χ4n) is 2.09. The lowest BCUT2D eigenvalue weighted by Crippen LogP contribution is -2.25. The van der Waals surface area contributed by atoms with Crippen LogP contribution < -0.4 is 5.73 Å². The molecule has 0 bridgehead atoms. The molecule has 5 heteroatoms. The summed E-state index contributed by atoms with van der Waals surface area (Å²) in [5.74, 6) is 0. The Kier molecular flexibility index (Phi) is 5.29. The van der Waals surface area contributed by atoms with Crippen LogP contribution >= 0.6 is 0 Å². The van der Waals surface area contributed by atoms with Gasteiger partial charge in [-0.25, -0.2) is 0 Å². The van der Waals surface area contributed by atoms with Crippen molar-refractivity contribution in [2.75, 3.05) is 18.8 Å². The van der Waals surface area contributed by atoms with Gasteiger partial charge in [-0.05, 0) is 29.7 Å². The number of nitrogens with two attached hydrogens (primary N) is 1. The largest absolute Gasteiger partial charge is 0.399 e. The fraction of sp³-hybridized carbons (Fsp3) is 0.250. The van der Waals surface area contributed by atoms with Crippen LogP contribution in [-0.4, -0.2) is 23.2 Å². The minimum absolute atomic E-state index is 0.183. The van der Waals surface area contributed by atoms with Gasteiger partial charge in [0.2, 0.25) is 0 Å². The van der Waals surface area contributed by atoms with E-state index in [4.69, 9.17) is 5.73 Å². The normalized spacial score (nSPS) is 11.9. The van der Waals surface area contributed by atoms with Crippen LogP contribution in [0.15, 0.2) is 59.9 Å². The SMILES string of the molecule is Nc1ccc(CCN(CC(O)c2ccccc2)N=O)cc1. The van der Waals surface area contributed by atoms with E-state index >= 15 is 0 Å². The Morgan fingerprint density at radius 2 is 1.76 bits per heavy atom. The van der Waals surface area contributed by atoms with Crippen LogP contribution in [-0.2, 0) is 6.42 Å². The molecule has 0 aliphatic carbocycles. The van der Waals surface area contributed by atoms with Gasteiger partial charge in [-0.2, -0.15) is 0 Å². The third-order valence-electron chi connectivity index (χ3n) is 3.32. The molecule has 2 aromatic carbocycles. The van der Waals surface area contributed by atoms with Crippen molar-refractivity contribution in [1.29, 1.82) is 0 Å². The molecule has 0 aliphatic rings. The molecule has 0 heterocycles. The monoisotopic (exact) mass is 285 g/mol. The van der Waals surface area contributed by atoms with Gasteiger partial charge < -0.3 is 10.8 Å². The minimum Gasteiger partial charge on any atom is -0.399 e. The van der Waals surface area contributed by atoms with Gasteiger partial charge in [-0.1, -0.05) is 42.5 Å². The highest BCUT2D eigenvalue weighted by Crippen LogP contribution is 2.14. The summed E-state index contributed by atoms with van der Waals surface area (Å²) >= 11 is 0. The second-order valence-corrected chi connectivity index (χ2v) is 4.91. The van der Waals surface area contributed by atoms with Gasteiger partial charge in [0, 0.05) is 12.2 Å². The topological polar surface area (TPSA) is 78.9 Å². The van der Waals surface area contributed by atoms with E-state index in [0.29, 0.717) is 18.7 Å². The summed E-state index contributed by atoms with van der Waals surface area (Å²) in [4.78, 5) is 10.9. The molecule has 0 spiro atoms. The van der Waals surface area contributed by atoms with E-state index in [1.807, 2.05) is 54.6 Å². The third kappa shape index (κ3) is 4.57. The van der Waals surface area contributed by atoms with E-state index in [2.05, 4.69) is 5.29 Å². The number of hydrogen-bond donors (Lipinski definition) is 2. The van der Waals surface area contributed by atoms with Gasteiger partial charge in [0.25, 0.3) is 0 Å². The molecule has 0 saturated heterocycles. The van der Waals surface area contributed by atoms with Crippen molar-refractivity contribution in [1.82, 2.24) is 5.01 Å². The van der Waals surface area contributed by atoms with Crippen molar-refractivity contribution in [2.45, 2.75) is 12.5 Å². The van der Waals surface area contributed by atoms with E-state index in [0.717, 1.165) is 11.1 Å². The quantitative estimate of drug-likeness (QED) is 0.465. The predicted molar refractivity (Wildman–Crippen MR) is 83.3 cm³/mol. The summed E-state index contributed by atoms with van der Waals surface area (Å²) in [7, 11) is 0. The first-order chi connectivity index (χ1) is 10.2. The van der Waals surface area contributed by atoms with Crippen molar-refractivity contribution >= 4 is 5.69 Å². The van der Waals surface area contributed by atoms with Crippen molar-refractivity contribution in [2.24, 2.45) is 5.29 Å². The van der Waals surface area contributed by atoms with Gasteiger partial charge in [-0.15, -0.1) is 4.91 Å². The fourth-order valence-corrected chi connectivity index (χ4v) is 2.09. The van der Waals surface area contributed by atoms with Gasteiger partial charge >= 0.3 is 0 Å². The Labute approximate surface area is 124 Å². The number of benzene rings is 2. The summed E-state index contributed by atoms with van der Waals surface area (Å²) < 4.78 is 0. The maximum atomic E-state index is 10.9. The average molecular weight is 285 g/mol. The highest BCUT2D eigenvalue weighted by molar-refractivity contribution is 5.39. The molecule has 0 radical (unpaired) electrons. The second kappa shape index (κ2) is 7.40. The number of nitrogens with zero attached hydrogens (tertiary/aromatic N) is 2. The zero-order chi connectivity index (χ0) is 15.1. The molecule has 3 N–H and O–H groups in total. The molecule has 2 rings (SSSR count). The van der Waals surface area contributed by atoms with Crippen LogP contribution in [0.2, 0.25) is 0 Å². The predicted octanol–water partition coefficient (Wildman–Crippen LogP) is 2.53. The Bertz CT molecular complexity index is 557. The molecule has 0 saturated carbocycles. The highest BCUT2D eigenvalue weighted by Gasteiger charge is 2.12. The van der Waals surface area contributed by atoms with Crippen LogP contribution in [0.25, 0.3) is 0 Å². The Balaban J connectivity index is 1.88. The smallest absolute Gasteiger partial charge is 0.0982 e. The summed E-state index contributed by atoms with van der Waals surface area (Å²) in [5.41, 5.74) is 8.19. The van der Waals surface area contributed by atoms with E-state index < -0.39 is 6.10 Å². The number of aliphatic hydroxyl groups is 1. The summed E-state index contributed by atoms with van der Waals surface area (Å²) in [5, 5.41) is 14.4. The van der Waals surface area contributed by atoms with Crippen LogP contribution in [0.3, 0.4) is 0 Å². The number of aliphatic hydroxyl groups excluding tert-OH is 1. The van der Waals surface area contributed by atoms with Crippen LogP contribution in [0.5, 0.6) is 0 Å². The molecule has 2 aromatic rings. The van der Waals surface area contributed by atoms with Gasteiger partial charge in [0.05, 0.1) is 17.9 Å². The summed E-state index contributed by atoms with van der Waals surface area (Å²) in [6.07, 6.45) is -0.0524. The molecular weight excluding hydrogens is 266 g/mol. The minimum atomic E-state index is -0.727. The molecule has 0 fully saturated rings. The van der Waals surface area contributed by atoms with Crippen molar-refractivity contribution in [3.63, 3.8) is 0 Å². The first-order valence-corrected chi connectivity index (χ1v) is 6.84. The zero-order valence-corrected chi connectivity index (χ0v) is 11.7. The number of nitrogen functional groups attached to an aromatic ring is 1. The maximum absolute atomic E-state index is 10.9. The van der Waals surface area contributed by atoms with E-state index in [9.17, 15) is 10.0 Å². The van der Waals surface area contributed by atoms with Crippen molar-refractivity contribution < 1.29 is 5.11 Å². The Hall–Kier alpha value is -2.40. The number of rotatable bonds is 7. The molecule has 110 valence electrons. The molecule has 21 heavy (non-hydrogen) atoms. The van der Waals surface area contributed by atoms with Crippen molar-refractivity contribution in [3.05, 3.63) is 70.6 Å². The zero-order valence-electron chi connectivity index (χ0n) is 11.7. The van der Waals surface area contributed by atoms with Crippen LogP contribution in [0, 0.1) is 4.91 Å². The second-order valence-electron chi connectivity index (χ2n) is 4.91. The molecule has 0 amide bonds. The number of anilines is 1. The van der Waals surface area contributed by atoms with E-state index in [1.165, 1.54) is 5.01 Å². The molecule has 5 nitrogen and oxygen atoms in total. The van der Waals surface area contributed by atoms with E-state index in [-0.39, 0.29) is 6.54 Å². The highest BCUT2D eigenvalue weighted by atomic mass is 16.3. The lowest BCUT2D eigenvalue weighted by Gasteiger charge is -2.19. The summed E-state index contributed by atoms with van der Waals surface area (Å²) in [6, 6.07) is 16.7. The van der Waals surface area contributed by atoms with Crippen LogP contribution in [0.4, 0.5) is 5.69 Å². The Morgan fingerprint density at radius 1 is 1.10 bits per heavy atom. The van der Waals surface area contributed by atoms with Gasteiger partial charge in [0.15, 0.2) is 0 Å². The molecular formula is C16H19N3O2. The Morgan fingerprint density at radius 3 is 2.38 bits per heavy atom. The molecule has 0 aromatic heterocycles. The molecule has 0 aliphatic heterocycles. The van der Waals surface area contributed by atoms with E-state index in [1.54, 1.807) is 0 Å². The maximum Gasteiger partial charge on any atom is 0.0982 e. The van der Waals surface area contributed by atoms with Crippen molar-refractivity contribution in [3.8, 4) is 0 Å². The van der Waals surface area contributed by atoms with Crippen LogP contribution in [0.1, 0.15) is 17.2 Å². The lowest BCUT2D eigenvalue weighted by atomic mass is 10.1. The molecule has 1 unspecified atom stereocenters. The first kappa shape index (κ1) is 15.0. The lowest BCUT2D eigenvalue weighted by molar-refractivity contribution is 0.114. The molecule has 1 atom stereocenters. The third-order valence-corrected chi connectivity index (χ3v) is 3.32. The summed E-state index contributed by atoms with van der Waals surface area (Å²) in [6.45, 7) is 0.639. The van der Waals surface area contributed by atoms with Gasteiger partial charge in [-0.3, -0.25) is 5.01 Å². The standard InChI is InChI=1S/C16H19N3O2/c17-15-8-6-13(7-9-15)10-11-19(18-21)12-16(20)14-4-2-1-3-5-14/h1-9,16,20H,10-12,17H2. The average Bonchev–Trinajstić information content (AvgIpc) is 2.53. The number of hydrogen-bond acceptors (Lipinski definition) is 4. The van der Waals surface area contributed by atoms with Gasteiger partial charge in [0.1, 0.15) is 0 Å².